The number of pyridine rings is 1. The van der Waals surface area contributed by atoms with E-state index in [2.05, 4.69) is 94.4 Å². The van der Waals surface area contributed by atoms with Crippen LogP contribution in [0.1, 0.15) is 71.7 Å². The van der Waals surface area contributed by atoms with Crippen LogP contribution >= 0.6 is 0 Å². The molecule has 2 fully saturated rings. The summed E-state index contributed by atoms with van der Waals surface area (Å²) in [4.78, 5) is 21.7. The van der Waals surface area contributed by atoms with Crippen molar-refractivity contribution in [3.05, 3.63) is 101 Å². The smallest absolute Gasteiger partial charge is 0.207 e. The zero-order chi connectivity index (χ0) is 33.9. The second-order valence-electron chi connectivity index (χ2n) is 13.0. The predicted octanol–water partition coefficient (Wildman–Crippen LogP) is 5.32. The fourth-order valence-corrected chi connectivity index (χ4v) is 7.14. The summed E-state index contributed by atoms with van der Waals surface area (Å²) in [5.74, 6) is 1.13. The van der Waals surface area contributed by atoms with E-state index in [0.29, 0.717) is 25.5 Å². The number of aromatic nitrogens is 4. The lowest BCUT2D eigenvalue weighted by molar-refractivity contribution is -0.109. The predicted molar refractivity (Wildman–Crippen MR) is 193 cm³/mol. The van der Waals surface area contributed by atoms with Crippen LogP contribution in [0.2, 0.25) is 0 Å². The Bertz CT molecular complexity index is 1590. The molecule has 2 aromatic heterocycles. The number of aryl methyl sites for hydroxylation is 4. The molecule has 2 aromatic carbocycles. The number of piperazine rings is 1. The van der Waals surface area contributed by atoms with E-state index in [4.69, 9.17) is 4.98 Å². The van der Waals surface area contributed by atoms with E-state index in [0.717, 1.165) is 55.9 Å². The molecule has 252 valence electrons. The molecule has 1 saturated heterocycles. The Hall–Kier alpha value is -4.68. The number of carbonyl (C=O) groups excluding carboxylic acids is 1. The largest absolute Gasteiger partial charge is 0.370 e. The maximum atomic E-state index is 10.0. The molecule has 1 aliphatic heterocycles. The lowest BCUT2D eigenvalue weighted by Gasteiger charge is -2.42. The Morgan fingerprint density at radius 2 is 1.58 bits per heavy atom. The number of hydrogen-bond acceptors (Lipinski definition) is 7. The summed E-state index contributed by atoms with van der Waals surface area (Å²) in [6.07, 6.45) is 19.6. The first-order valence-electron chi connectivity index (χ1n) is 17.3. The second-order valence-corrected chi connectivity index (χ2v) is 13.0. The fourth-order valence-electron chi connectivity index (χ4n) is 7.14. The van der Waals surface area contributed by atoms with Gasteiger partial charge in [-0.15, -0.1) is 12.8 Å². The molecule has 7 rings (SSSR count). The highest BCUT2D eigenvalue weighted by atomic mass is 16.1. The van der Waals surface area contributed by atoms with Crippen molar-refractivity contribution in [2.24, 2.45) is 0 Å². The number of rotatable bonds is 8. The molecule has 9 heteroatoms. The van der Waals surface area contributed by atoms with E-state index in [1.54, 1.807) is 4.80 Å². The number of nitrogens with one attached hydrogen (secondary N) is 2. The molecule has 48 heavy (non-hydrogen) atoms. The van der Waals surface area contributed by atoms with E-state index in [1.807, 2.05) is 24.3 Å². The Kier molecular flexibility index (Phi) is 12.2. The summed E-state index contributed by atoms with van der Waals surface area (Å²) in [5, 5.41) is 14.8. The zero-order valence-electron chi connectivity index (χ0n) is 28.6. The fraction of sp³-hybridized carbons (Fsp3) is 0.436. The molecular formula is C39H50N8O. The van der Waals surface area contributed by atoms with Gasteiger partial charge in [-0.05, 0) is 73.9 Å². The topological polar surface area (TPSA) is 91.2 Å². The first-order valence-corrected chi connectivity index (χ1v) is 17.3. The maximum Gasteiger partial charge on any atom is 0.207 e. The van der Waals surface area contributed by atoms with Gasteiger partial charge in [0, 0.05) is 45.0 Å². The van der Waals surface area contributed by atoms with Gasteiger partial charge in [0.05, 0.1) is 24.1 Å². The van der Waals surface area contributed by atoms with Crippen molar-refractivity contribution >= 4 is 17.4 Å². The van der Waals surface area contributed by atoms with Crippen molar-refractivity contribution in [3.8, 4) is 12.8 Å². The summed E-state index contributed by atoms with van der Waals surface area (Å²) in [5.41, 5.74) is 10.0. The number of nitrogens with zero attached hydrogens (tertiary/aromatic N) is 6. The molecule has 1 atom stereocenters. The molecule has 1 saturated carbocycles. The summed E-state index contributed by atoms with van der Waals surface area (Å²) < 4.78 is 0. The highest BCUT2D eigenvalue weighted by Gasteiger charge is 2.32. The number of carbonyl (C=O) groups is 1. The molecule has 4 aromatic rings. The molecule has 3 aliphatic rings. The van der Waals surface area contributed by atoms with Crippen molar-refractivity contribution in [2.75, 3.05) is 32.7 Å². The Labute approximate surface area is 285 Å². The third-order valence-corrected chi connectivity index (χ3v) is 9.56. The van der Waals surface area contributed by atoms with Crippen molar-refractivity contribution in [1.29, 1.82) is 0 Å². The minimum Gasteiger partial charge on any atom is -0.370 e. The van der Waals surface area contributed by atoms with Gasteiger partial charge in [-0.3, -0.25) is 14.7 Å². The van der Waals surface area contributed by atoms with E-state index in [1.165, 1.54) is 65.6 Å². The van der Waals surface area contributed by atoms with Crippen molar-refractivity contribution < 1.29 is 4.79 Å². The molecule has 1 amide bonds. The summed E-state index contributed by atoms with van der Waals surface area (Å²) >= 11 is 0. The summed E-state index contributed by atoms with van der Waals surface area (Å²) in [7, 11) is 0. The first kappa shape index (κ1) is 34.6. The SMILES string of the molecule is C#C.C=C(NC1CCCCC1)N1CCN(C2c3ccc(C)cc3CCc3cc(C)cnc32)CC1.O=CNCCn1nc2ccccc2n1. The monoisotopic (exact) mass is 646 g/mol. The summed E-state index contributed by atoms with van der Waals surface area (Å²) in [6, 6.07) is 17.9. The molecule has 2 N–H and O–H groups in total. The average molecular weight is 647 g/mol. The number of hydrogen-bond donors (Lipinski definition) is 2. The molecule has 3 heterocycles. The van der Waals surface area contributed by atoms with Crippen LogP contribution in [-0.4, -0.2) is 75.0 Å². The number of benzene rings is 2. The normalized spacial score (nSPS) is 17.8. The molecular weight excluding hydrogens is 596 g/mol. The number of terminal acetylenes is 1. The molecule has 0 radical (unpaired) electrons. The van der Waals surface area contributed by atoms with Gasteiger partial charge in [0.1, 0.15) is 11.0 Å². The number of amides is 1. The van der Waals surface area contributed by atoms with Gasteiger partial charge < -0.3 is 15.5 Å². The van der Waals surface area contributed by atoms with E-state index >= 15 is 0 Å². The Morgan fingerprint density at radius 3 is 2.27 bits per heavy atom. The van der Waals surface area contributed by atoms with Gasteiger partial charge in [-0.2, -0.15) is 15.0 Å². The molecule has 2 aliphatic carbocycles. The molecule has 0 spiro atoms. The minimum absolute atomic E-state index is 0.255. The zero-order valence-corrected chi connectivity index (χ0v) is 28.6. The van der Waals surface area contributed by atoms with Gasteiger partial charge in [0.2, 0.25) is 6.41 Å². The second kappa shape index (κ2) is 16.9. The Morgan fingerprint density at radius 1 is 0.917 bits per heavy atom. The van der Waals surface area contributed by atoms with Crippen LogP contribution in [0.5, 0.6) is 0 Å². The van der Waals surface area contributed by atoms with Crippen LogP contribution in [0, 0.1) is 26.7 Å². The number of fused-ring (bicyclic) bond motifs is 3. The van der Waals surface area contributed by atoms with Crippen LogP contribution < -0.4 is 10.6 Å². The van der Waals surface area contributed by atoms with E-state index in [9.17, 15) is 4.79 Å². The van der Waals surface area contributed by atoms with Crippen molar-refractivity contribution in [3.63, 3.8) is 0 Å². The van der Waals surface area contributed by atoms with Crippen LogP contribution in [0.15, 0.2) is 67.1 Å². The minimum atomic E-state index is 0.255. The van der Waals surface area contributed by atoms with E-state index in [-0.39, 0.29) is 6.04 Å². The van der Waals surface area contributed by atoms with Crippen LogP contribution in [0.25, 0.3) is 11.0 Å². The van der Waals surface area contributed by atoms with Crippen molar-refractivity contribution in [2.45, 2.75) is 77.4 Å². The molecule has 9 nitrogen and oxygen atoms in total. The van der Waals surface area contributed by atoms with Crippen LogP contribution in [0.3, 0.4) is 0 Å². The maximum absolute atomic E-state index is 10.0. The quantitative estimate of drug-likeness (QED) is 0.152. The molecule has 1 unspecified atom stereocenters. The van der Waals surface area contributed by atoms with Crippen LogP contribution in [0.4, 0.5) is 0 Å². The van der Waals surface area contributed by atoms with Crippen LogP contribution in [-0.2, 0) is 24.2 Å². The van der Waals surface area contributed by atoms with E-state index < -0.39 is 0 Å². The summed E-state index contributed by atoms with van der Waals surface area (Å²) in [6.45, 7) is 14.0. The lowest BCUT2D eigenvalue weighted by Crippen LogP contribution is -2.50. The highest BCUT2D eigenvalue weighted by molar-refractivity contribution is 5.72. The van der Waals surface area contributed by atoms with Gasteiger partial charge >= 0.3 is 0 Å². The standard InChI is InChI=1S/C28H38N4.C9H10N4O.C2H2/c1-20-9-12-26-23(17-20)10-11-24-18-21(2)19-29-27(24)28(26)32-15-13-31(14-16-32)22(3)30-25-7-5-4-6-8-25;14-7-10-5-6-13-11-8-3-1-2-4-9(8)12-13;1-2/h9,12,17-19,25,28,30H,3-8,10-11,13-16H2,1-2H3;1-4,7H,5-6H2,(H,10,14);1-2H. The third-order valence-electron chi connectivity index (χ3n) is 9.56. The average Bonchev–Trinajstić information content (AvgIpc) is 3.47. The highest BCUT2D eigenvalue weighted by Crippen LogP contribution is 2.37. The lowest BCUT2D eigenvalue weighted by atomic mass is 9.94. The van der Waals surface area contributed by atoms with Gasteiger partial charge in [-0.1, -0.05) is 67.8 Å². The van der Waals surface area contributed by atoms with Gasteiger partial charge in [0.25, 0.3) is 0 Å². The molecule has 0 bridgehead atoms. The Balaban J connectivity index is 0.000000235. The first-order chi connectivity index (χ1) is 23.5. The third kappa shape index (κ3) is 8.61. The van der Waals surface area contributed by atoms with Crippen molar-refractivity contribution in [1.82, 2.24) is 40.4 Å². The van der Waals surface area contributed by atoms with Gasteiger partial charge in [-0.25, -0.2) is 0 Å². The van der Waals surface area contributed by atoms with Gasteiger partial charge in [0.15, 0.2) is 0 Å².